The van der Waals surface area contributed by atoms with Crippen LogP contribution in [0.3, 0.4) is 0 Å². The highest BCUT2D eigenvalue weighted by Crippen LogP contribution is 2.25. The SMILES string of the molecule is CN1CCC(C(=O)N2CCc3c(C(=O)NCCc4cccnc4)n[nH]c3C2)CC1. The molecule has 2 aliphatic heterocycles. The lowest BCUT2D eigenvalue weighted by molar-refractivity contribution is -0.138. The number of hydrogen-bond donors (Lipinski definition) is 2. The maximum absolute atomic E-state index is 12.9. The van der Waals surface area contributed by atoms with Gasteiger partial charge in [0.1, 0.15) is 0 Å². The van der Waals surface area contributed by atoms with Crippen molar-refractivity contribution in [2.45, 2.75) is 32.2 Å². The molecule has 2 aliphatic rings. The van der Waals surface area contributed by atoms with Gasteiger partial charge in [-0.2, -0.15) is 5.10 Å². The van der Waals surface area contributed by atoms with E-state index in [2.05, 4.69) is 32.4 Å². The third-order valence-corrected chi connectivity index (χ3v) is 5.95. The molecule has 4 rings (SSSR count). The van der Waals surface area contributed by atoms with Crippen LogP contribution >= 0.6 is 0 Å². The third kappa shape index (κ3) is 4.48. The van der Waals surface area contributed by atoms with Gasteiger partial charge < -0.3 is 15.1 Å². The van der Waals surface area contributed by atoms with Gasteiger partial charge in [-0.1, -0.05) is 6.07 Å². The minimum Gasteiger partial charge on any atom is -0.350 e. The Morgan fingerprint density at radius 1 is 1.28 bits per heavy atom. The molecule has 1 saturated heterocycles. The highest BCUT2D eigenvalue weighted by Gasteiger charge is 2.32. The first-order chi connectivity index (χ1) is 14.1. The maximum atomic E-state index is 12.9. The maximum Gasteiger partial charge on any atom is 0.272 e. The van der Waals surface area contributed by atoms with Gasteiger partial charge in [0.25, 0.3) is 5.91 Å². The minimum absolute atomic E-state index is 0.117. The lowest BCUT2D eigenvalue weighted by Gasteiger charge is -2.34. The van der Waals surface area contributed by atoms with E-state index in [4.69, 9.17) is 0 Å². The number of nitrogens with zero attached hydrogens (tertiary/aromatic N) is 4. The highest BCUT2D eigenvalue weighted by molar-refractivity contribution is 5.94. The summed E-state index contributed by atoms with van der Waals surface area (Å²) < 4.78 is 0. The fourth-order valence-electron chi connectivity index (χ4n) is 4.16. The Bertz CT molecular complexity index is 857. The molecule has 0 unspecified atom stereocenters. The molecule has 0 aliphatic carbocycles. The van der Waals surface area contributed by atoms with Gasteiger partial charge in [0.2, 0.25) is 5.91 Å². The molecule has 8 heteroatoms. The average Bonchev–Trinajstić information content (AvgIpc) is 3.18. The zero-order valence-electron chi connectivity index (χ0n) is 16.9. The fraction of sp³-hybridized carbons (Fsp3) is 0.524. The van der Waals surface area contributed by atoms with Crippen LogP contribution in [0.1, 0.15) is 40.2 Å². The number of likely N-dealkylation sites (tertiary alicyclic amines) is 1. The van der Waals surface area contributed by atoms with E-state index in [1.54, 1.807) is 12.4 Å². The predicted molar refractivity (Wildman–Crippen MR) is 108 cm³/mol. The van der Waals surface area contributed by atoms with Crippen LogP contribution in [-0.2, 0) is 24.2 Å². The van der Waals surface area contributed by atoms with Crippen molar-refractivity contribution in [2.75, 3.05) is 33.2 Å². The zero-order chi connectivity index (χ0) is 20.2. The van der Waals surface area contributed by atoms with Crippen LogP contribution in [0.5, 0.6) is 0 Å². The molecule has 2 amide bonds. The van der Waals surface area contributed by atoms with Gasteiger partial charge in [-0.25, -0.2) is 0 Å². The zero-order valence-corrected chi connectivity index (χ0v) is 16.9. The number of rotatable bonds is 5. The molecular weight excluding hydrogens is 368 g/mol. The Labute approximate surface area is 170 Å². The normalized spacial score (nSPS) is 17.8. The second-order valence-electron chi connectivity index (χ2n) is 7.98. The van der Waals surface area contributed by atoms with Crippen LogP contribution in [0, 0.1) is 5.92 Å². The van der Waals surface area contributed by atoms with Gasteiger partial charge in [0.15, 0.2) is 5.69 Å². The number of carbonyl (C=O) groups is 2. The van der Waals surface area contributed by atoms with Gasteiger partial charge in [-0.3, -0.25) is 19.7 Å². The molecule has 0 bridgehead atoms. The van der Waals surface area contributed by atoms with Crippen LogP contribution in [0.2, 0.25) is 0 Å². The van der Waals surface area contributed by atoms with E-state index in [1.165, 1.54) is 0 Å². The molecule has 2 N–H and O–H groups in total. The Morgan fingerprint density at radius 2 is 2.10 bits per heavy atom. The van der Waals surface area contributed by atoms with Gasteiger partial charge in [-0.05, 0) is 57.5 Å². The van der Waals surface area contributed by atoms with Crippen LogP contribution in [0.15, 0.2) is 24.5 Å². The number of pyridine rings is 1. The molecule has 154 valence electrons. The number of nitrogens with one attached hydrogen (secondary N) is 2. The van der Waals surface area contributed by atoms with E-state index in [1.807, 2.05) is 17.0 Å². The Kier molecular flexibility index (Phi) is 5.89. The molecule has 0 aromatic carbocycles. The summed E-state index contributed by atoms with van der Waals surface area (Å²) in [4.78, 5) is 33.7. The summed E-state index contributed by atoms with van der Waals surface area (Å²) in [6.07, 6.45) is 6.77. The predicted octanol–water partition coefficient (Wildman–Crippen LogP) is 1.00. The molecular formula is C21H28N6O2. The summed E-state index contributed by atoms with van der Waals surface area (Å²) in [5.41, 5.74) is 3.36. The fourth-order valence-corrected chi connectivity index (χ4v) is 4.16. The first-order valence-electron chi connectivity index (χ1n) is 10.3. The number of amides is 2. The Hall–Kier alpha value is -2.74. The topological polar surface area (TPSA) is 94.2 Å². The molecule has 4 heterocycles. The smallest absolute Gasteiger partial charge is 0.272 e. The Morgan fingerprint density at radius 3 is 2.86 bits per heavy atom. The van der Waals surface area contributed by atoms with Crippen molar-refractivity contribution in [3.8, 4) is 0 Å². The van der Waals surface area contributed by atoms with E-state index in [0.29, 0.717) is 31.7 Å². The minimum atomic E-state index is -0.165. The second-order valence-corrected chi connectivity index (χ2v) is 7.98. The van der Waals surface area contributed by atoms with Crippen molar-refractivity contribution in [1.29, 1.82) is 0 Å². The number of fused-ring (bicyclic) bond motifs is 1. The number of carbonyl (C=O) groups excluding carboxylic acids is 2. The summed E-state index contributed by atoms with van der Waals surface area (Å²) in [7, 11) is 2.10. The molecule has 0 spiro atoms. The third-order valence-electron chi connectivity index (χ3n) is 5.95. The van der Waals surface area contributed by atoms with E-state index in [-0.39, 0.29) is 17.7 Å². The summed E-state index contributed by atoms with van der Waals surface area (Å²) in [5.74, 6) is 0.188. The molecule has 29 heavy (non-hydrogen) atoms. The lowest BCUT2D eigenvalue weighted by Crippen LogP contribution is -2.43. The molecule has 1 fully saturated rings. The average molecular weight is 396 g/mol. The van der Waals surface area contributed by atoms with Crippen molar-refractivity contribution in [1.82, 2.24) is 30.3 Å². The van der Waals surface area contributed by atoms with E-state index in [0.717, 1.165) is 49.2 Å². The van der Waals surface area contributed by atoms with Crippen LogP contribution in [0.4, 0.5) is 0 Å². The van der Waals surface area contributed by atoms with Crippen molar-refractivity contribution in [3.05, 3.63) is 47.0 Å². The van der Waals surface area contributed by atoms with Crippen LogP contribution in [-0.4, -0.2) is 70.0 Å². The summed E-state index contributed by atoms with van der Waals surface area (Å²) >= 11 is 0. The van der Waals surface area contributed by atoms with E-state index < -0.39 is 0 Å². The monoisotopic (exact) mass is 396 g/mol. The van der Waals surface area contributed by atoms with Crippen LogP contribution in [0.25, 0.3) is 0 Å². The van der Waals surface area contributed by atoms with E-state index >= 15 is 0 Å². The summed E-state index contributed by atoms with van der Waals surface area (Å²) in [6.45, 7) is 3.64. The molecule has 2 aromatic heterocycles. The summed E-state index contributed by atoms with van der Waals surface area (Å²) in [5, 5.41) is 10.2. The number of H-pyrrole nitrogens is 1. The second kappa shape index (κ2) is 8.73. The van der Waals surface area contributed by atoms with Crippen molar-refractivity contribution in [2.24, 2.45) is 5.92 Å². The first-order valence-corrected chi connectivity index (χ1v) is 10.3. The molecule has 8 nitrogen and oxygen atoms in total. The molecule has 2 aromatic rings. The molecule has 0 saturated carbocycles. The first kappa shape index (κ1) is 19.6. The molecule has 0 radical (unpaired) electrons. The summed E-state index contributed by atoms with van der Waals surface area (Å²) in [6, 6.07) is 3.88. The number of aromatic nitrogens is 3. The van der Waals surface area contributed by atoms with Gasteiger partial charge in [-0.15, -0.1) is 0 Å². The molecule has 0 atom stereocenters. The Balaban J connectivity index is 1.33. The number of piperidine rings is 1. The lowest BCUT2D eigenvalue weighted by atomic mass is 9.94. The van der Waals surface area contributed by atoms with Gasteiger partial charge in [0, 0.05) is 37.0 Å². The highest BCUT2D eigenvalue weighted by atomic mass is 16.2. The van der Waals surface area contributed by atoms with Crippen LogP contribution < -0.4 is 5.32 Å². The van der Waals surface area contributed by atoms with Crippen molar-refractivity contribution >= 4 is 11.8 Å². The van der Waals surface area contributed by atoms with Gasteiger partial charge >= 0.3 is 0 Å². The van der Waals surface area contributed by atoms with Crippen molar-refractivity contribution in [3.63, 3.8) is 0 Å². The standard InChI is InChI=1S/C21H28N6O2/c1-26-10-5-16(6-11-26)21(29)27-12-7-17-18(14-27)24-25-19(17)20(28)23-9-4-15-3-2-8-22-13-15/h2-3,8,13,16H,4-7,9-12,14H2,1H3,(H,23,28)(H,24,25). The quantitative estimate of drug-likeness (QED) is 0.787. The number of aromatic amines is 1. The van der Waals surface area contributed by atoms with E-state index in [9.17, 15) is 9.59 Å². The largest absolute Gasteiger partial charge is 0.350 e. The number of hydrogen-bond acceptors (Lipinski definition) is 5. The van der Waals surface area contributed by atoms with Crippen molar-refractivity contribution < 1.29 is 9.59 Å². The van der Waals surface area contributed by atoms with Gasteiger partial charge in [0.05, 0.1) is 12.2 Å².